The van der Waals surface area contributed by atoms with Crippen LogP contribution in [-0.4, -0.2) is 34.3 Å². The third-order valence-electron chi connectivity index (χ3n) is 5.76. The molecule has 1 fully saturated rings. The van der Waals surface area contributed by atoms with E-state index in [1.54, 1.807) is 0 Å². The molecule has 3 aromatic rings. The lowest BCUT2D eigenvalue weighted by Gasteiger charge is -2.27. The third kappa shape index (κ3) is 5.51. The monoisotopic (exact) mass is 435 g/mol. The summed E-state index contributed by atoms with van der Waals surface area (Å²) in [5, 5.41) is 5.05. The van der Waals surface area contributed by atoms with Crippen LogP contribution in [0.4, 0.5) is 0 Å². The molecule has 1 atom stereocenters. The number of pyridine rings is 1. The van der Waals surface area contributed by atoms with Gasteiger partial charge in [-0.3, -0.25) is 4.79 Å². The lowest BCUT2D eigenvalue weighted by molar-refractivity contribution is 0.113. The summed E-state index contributed by atoms with van der Waals surface area (Å²) in [6.07, 6.45) is 3.31. The van der Waals surface area contributed by atoms with Gasteiger partial charge in [0.2, 0.25) is 0 Å². The SMILES string of the molecule is CCc1ccc2[nH]c(=O)c(CN(Cc3ccccc3)C(=S)NC[C@@H]3CCCO3)cc2c1. The second-order valence-corrected chi connectivity index (χ2v) is 8.45. The number of aromatic nitrogens is 1. The van der Waals surface area contributed by atoms with Crippen LogP contribution in [0.5, 0.6) is 0 Å². The highest BCUT2D eigenvalue weighted by Crippen LogP contribution is 2.17. The number of nitrogens with zero attached hydrogens (tertiary/aromatic N) is 1. The first-order valence-corrected chi connectivity index (χ1v) is 11.4. The van der Waals surface area contributed by atoms with Crippen molar-refractivity contribution in [2.24, 2.45) is 0 Å². The number of benzene rings is 2. The first-order valence-electron chi connectivity index (χ1n) is 11.0. The smallest absolute Gasteiger partial charge is 0.253 e. The Hall–Kier alpha value is -2.70. The van der Waals surface area contributed by atoms with Crippen LogP contribution < -0.4 is 10.9 Å². The van der Waals surface area contributed by atoms with Crippen molar-refractivity contribution in [2.45, 2.75) is 45.4 Å². The fourth-order valence-corrected chi connectivity index (χ4v) is 4.18. The van der Waals surface area contributed by atoms with Gasteiger partial charge in [0.1, 0.15) is 0 Å². The lowest BCUT2D eigenvalue weighted by Crippen LogP contribution is -2.42. The fraction of sp³-hybridized carbons (Fsp3) is 0.360. The second kappa shape index (κ2) is 10.1. The van der Waals surface area contributed by atoms with Gasteiger partial charge in [0.15, 0.2) is 5.11 Å². The van der Waals surface area contributed by atoms with Crippen molar-refractivity contribution >= 4 is 28.2 Å². The number of ether oxygens (including phenoxy) is 1. The maximum atomic E-state index is 12.8. The first kappa shape index (κ1) is 21.5. The Balaban J connectivity index is 1.57. The van der Waals surface area contributed by atoms with E-state index in [9.17, 15) is 4.79 Å². The summed E-state index contributed by atoms with van der Waals surface area (Å²) in [6, 6.07) is 18.4. The summed E-state index contributed by atoms with van der Waals surface area (Å²) in [5.74, 6) is 0. The predicted octanol–water partition coefficient (Wildman–Crippen LogP) is 4.15. The molecule has 2 aromatic carbocycles. The van der Waals surface area contributed by atoms with Crippen molar-refractivity contribution in [3.05, 3.63) is 81.6 Å². The van der Waals surface area contributed by atoms with Gasteiger partial charge in [-0.2, -0.15) is 0 Å². The number of thiocarbonyl (C=S) groups is 1. The normalized spacial score (nSPS) is 15.8. The predicted molar refractivity (Wildman–Crippen MR) is 129 cm³/mol. The molecular formula is C25H29N3O2S. The molecule has 5 nitrogen and oxygen atoms in total. The van der Waals surface area contributed by atoms with E-state index >= 15 is 0 Å². The van der Waals surface area contributed by atoms with Crippen molar-refractivity contribution in [1.82, 2.24) is 15.2 Å². The van der Waals surface area contributed by atoms with Crippen LogP contribution in [0.3, 0.4) is 0 Å². The molecule has 0 saturated carbocycles. The minimum Gasteiger partial charge on any atom is -0.376 e. The van der Waals surface area contributed by atoms with Crippen LogP contribution in [0.15, 0.2) is 59.4 Å². The molecule has 1 aliphatic heterocycles. The van der Waals surface area contributed by atoms with Crippen molar-refractivity contribution in [3.63, 3.8) is 0 Å². The Labute approximate surface area is 188 Å². The average Bonchev–Trinajstić information content (AvgIpc) is 3.31. The van der Waals surface area contributed by atoms with E-state index in [1.165, 1.54) is 5.56 Å². The highest BCUT2D eigenvalue weighted by molar-refractivity contribution is 7.80. The summed E-state index contributed by atoms with van der Waals surface area (Å²) in [7, 11) is 0. The number of rotatable bonds is 7. The fourth-order valence-electron chi connectivity index (χ4n) is 3.97. The highest BCUT2D eigenvalue weighted by Gasteiger charge is 2.18. The number of hydrogen-bond donors (Lipinski definition) is 2. The van der Waals surface area contributed by atoms with Crippen LogP contribution in [0.25, 0.3) is 10.9 Å². The standard InChI is InChI=1S/C25H29N3O2S/c1-2-18-10-11-23-20(13-18)14-21(24(29)27-23)17-28(16-19-7-4-3-5-8-19)25(31)26-15-22-9-6-12-30-22/h3-5,7-8,10-11,13-14,22H,2,6,9,12,15-17H2,1H3,(H,26,31)(H,27,29)/t22-/m0/s1. The molecule has 0 bridgehead atoms. The van der Waals surface area contributed by atoms with Gasteiger partial charge < -0.3 is 19.9 Å². The Kier molecular flexibility index (Phi) is 6.99. The zero-order chi connectivity index (χ0) is 21.6. The molecule has 162 valence electrons. The van der Waals surface area contributed by atoms with E-state index in [0.29, 0.717) is 30.3 Å². The zero-order valence-corrected chi connectivity index (χ0v) is 18.7. The van der Waals surface area contributed by atoms with Crippen LogP contribution in [0.2, 0.25) is 0 Å². The number of H-pyrrole nitrogens is 1. The largest absolute Gasteiger partial charge is 0.376 e. The number of nitrogens with one attached hydrogen (secondary N) is 2. The van der Waals surface area contributed by atoms with Gasteiger partial charge in [-0.05, 0) is 66.2 Å². The Morgan fingerprint density at radius 2 is 2.00 bits per heavy atom. The first-order chi connectivity index (χ1) is 15.1. The van der Waals surface area contributed by atoms with E-state index in [4.69, 9.17) is 17.0 Å². The van der Waals surface area contributed by atoms with Crippen molar-refractivity contribution in [1.29, 1.82) is 0 Å². The molecule has 1 aliphatic rings. The van der Waals surface area contributed by atoms with Gasteiger partial charge in [-0.1, -0.05) is 43.3 Å². The van der Waals surface area contributed by atoms with E-state index in [2.05, 4.69) is 46.4 Å². The minimum atomic E-state index is -0.0725. The van der Waals surface area contributed by atoms with Crippen LogP contribution >= 0.6 is 12.2 Å². The maximum Gasteiger partial charge on any atom is 0.253 e. The maximum absolute atomic E-state index is 12.8. The minimum absolute atomic E-state index is 0.0725. The zero-order valence-electron chi connectivity index (χ0n) is 17.9. The molecule has 31 heavy (non-hydrogen) atoms. The molecule has 1 saturated heterocycles. The summed E-state index contributed by atoms with van der Waals surface area (Å²) < 4.78 is 5.71. The summed E-state index contributed by atoms with van der Waals surface area (Å²) in [5.41, 5.74) is 3.89. The molecule has 0 radical (unpaired) electrons. The van der Waals surface area contributed by atoms with Gasteiger partial charge in [-0.25, -0.2) is 0 Å². The van der Waals surface area contributed by atoms with Gasteiger partial charge in [-0.15, -0.1) is 0 Å². The van der Waals surface area contributed by atoms with E-state index < -0.39 is 0 Å². The topological polar surface area (TPSA) is 57.4 Å². The Morgan fingerprint density at radius 3 is 2.74 bits per heavy atom. The van der Waals surface area contributed by atoms with Crippen LogP contribution in [0, 0.1) is 0 Å². The number of aromatic amines is 1. The van der Waals surface area contributed by atoms with E-state index in [0.717, 1.165) is 42.3 Å². The molecule has 0 amide bonds. The molecule has 0 unspecified atom stereocenters. The average molecular weight is 436 g/mol. The van der Waals surface area contributed by atoms with E-state index in [1.807, 2.05) is 30.3 Å². The van der Waals surface area contributed by atoms with Crippen molar-refractivity contribution in [2.75, 3.05) is 13.2 Å². The highest BCUT2D eigenvalue weighted by atomic mass is 32.1. The molecule has 4 rings (SSSR count). The van der Waals surface area contributed by atoms with Crippen LogP contribution in [0.1, 0.15) is 36.5 Å². The number of fused-ring (bicyclic) bond motifs is 1. The molecule has 0 spiro atoms. The van der Waals surface area contributed by atoms with Crippen LogP contribution in [-0.2, 0) is 24.2 Å². The summed E-state index contributed by atoms with van der Waals surface area (Å²) >= 11 is 5.73. The van der Waals surface area contributed by atoms with Gasteiger partial charge in [0.25, 0.3) is 5.56 Å². The molecule has 1 aromatic heterocycles. The van der Waals surface area contributed by atoms with Gasteiger partial charge in [0, 0.05) is 30.8 Å². The Bertz CT molecular complexity index is 1090. The van der Waals surface area contributed by atoms with Crippen molar-refractivity contribution < 1.29 is 4.74 Å². The summed E-state index contributed by atoms with van der Waals surface area (Å²) in [6.45, 7) is 4.71. The quantitative estimate of drug-likeness (QED) is 0.546. The molecular weight excluding hydrogens is 406 g/mol. The van der Waals surface area contributed by atoms with Crippen molar-refractivity contribution in [3.8, 4) is 0 Å². The second-order valence-electron chi connectivity index (χ2n) is 8.06. The molecule has 2 heterocycles. The lowest BCUT2D eigenvalue weighted by atomic mass is 10.1. The van der Waals surface area contributed by atoms with Gasteiger partial charge >= 0.3 is 0 Å². The molecule has 2 N–H and O–H groups in total. The molecule has 0 aliphatic carbocycles. The van der Waals surface area contributed by atoms with E-state index in [-0.39, 0.29) is 11.7 Å². The number of aryl methyl sites for hydroxylation is 1. The Morgan fingerprint density at radius 1 is 1.16 bits per heavy atom. The summed E-state index contributed by atoms with van der Waals surface area (Å²) in [4.78, 5) is 17.9. The van der Waals surface area contributed by atoms with Gasteiger partial charge in [0.05, 0.1) is 12.6 Å². The number of hydrogen-bond acceptors (Lipinski definition) is 3. The molecule has 6 heteroatoms. The third-order valence-corrected chi connectivity index (χ3v) is 6.17.